The van der Waals surface area contributed by atoms with Crippen LogP contribution in [0.1, 0.15) is 34.5 Å². The van der Waals surface area contributed by atoms with Gasteiger partial charge >= 0.3 is 0 Å². The Morgan fingerprint density at radius 3 is 2.38 bits per heavy atom. The minimum absolute atomic E-state index is 0.0812. The molecule has 5 N–H and O–H groups in total. The highest BCUT2D eigenvalue weighted by atomic mass is 35.5. The predicted molar refractivity (Wildman–Crippen MR) is 116 cm³/mol. The normalized spacial score (nSPS) is 12.2. The molecule has 0 radical (unpaired) electrons. The van der Waals surface area contributed by atoms with Gasteiger partial charge in [-0.15, -0.1) is 0 Å². The lowest BCUT2D eigenvalue weighted by Gasteiger charge is -2.19. The maximum atomic E-state index is 11.9. The van der Waals surface area contributed by atoms with E-state index in [0.717, 1.165) is 11.1 Å². The van der Waals surface area contributed by atoms with Gasteiger partial charge in [-0.25, -0.2) is 0 Å². The van der Waals surface area contributed by atoms with E-state index in [4.69, 9.17) is 28.9 Å². The third-order valence-electron chi connectivity index (χ3n) is 4.11. The molecule has 154 valence electrons. The average molecular weight is 436 g/mol. The van der Waals surface area contributed by atoms with Crippen molar-refractivity contribution in [3.8, 4) is 0 Å². The maximum absolute atomic E-state index is 11.9. The van der Waals surface area contributed by atoms with Crippen LogP contribution in [0.5, 0.6) is 0 Å². The minimum Gasteiger partial charge on any atom is -0.368 e. The van der Waals surface area contributed by atoms with E-state index in [2.05, 4.69) is 20.9 Å². The Kier molecular flexibility index (Phi) is 8.30. The van der Waals surface area contributed by atoms with E-state index < -0.39 is 5.91 Å². The van der Waals surface area contributed by atoms with E-state index in [1.807, 2.05) is 25.1 Å². The zero-order valence-electron chi connectivity index (χ0n) is 16.1. The van der Waals surface area contributed by atoms with E-state index >= 15 is 0 Å². The van der Waals surface area contributed by atoms with Crippen molar-refractivity contribution in [3.05, 3.63) is 69.2 Å². The highest BCUT2D eigenvalue weighted by molar-refractivity contribution is 6.35. The Bertz CT molecular complexity index is 900. The number of halogens is 2. The van der Waals surface area contributed by atoms with Crippen LogP contribution in [-0.2, 0) is 11.3 Å². The van der Waals surface area contributed by atoms with Crippen LogP contribution >= 0.6 is 23.2 Å². The number of nitrogens with two attached hydrogens (primary N) is 1. The number of hydrogen-bond acceptors (Lipinski definition) is 3. The summed E-state index contributed by atoms with van der Waals surface area (Å²) in [5, 5.41) is 10.1. The van der Waals surface area contributed by atoms with Crippen LogP contribution in [-0.4, -0.2) is 31.4 Å². The van der Waals surface area contributed by atoms with E-state index in [9.17, 15) is 9.59 Å². The summed E-state index contributed by atoms with van der Waals surface area (Å²) in [4.78, 5) is 26.9. The lowest BCUT2D eigenvalue weighted by atomic mass is 10.1. The van der Waals surface area contributed by atoms with Gasteiger partial charge in [0.1, 0.15) is 0 Å². The number of rotatable bonds is 7. The summed E-state index contributed by atoms with van der Waals surface area (Å²) in [7, 11) is 1.68. The number of amides is 2. The first-order valence-corrected chi connectivity index (χ1v) is 9.63. The number of guanidine groups is 1. The number of aliphatic imine (C=N–C) groups is 1. The molecule has 2 amide bonds. The SMILES string of the molecule is CN=C(NCc1ccc(C(=O)NCC(N)=O)cc1)NC(C)c1ccc(Cl)cc1Cl. The van der Waals surface area contributed by atoms with E-state index in [1.165, 1.54) is 0 Å². The van der Waals surface area contributed by atoms with Gasteiger partial charge in [0.2, 0.25) is 5.91 Å². The first kappa shape index (κ1) is 22.5. The lowest BCUT2D eigenvalue weighted by Crippen LogP contribution is -2.38. The number of benzene rings is 2. The average Bonchev–Trinajstić information content (AvgIpc) is 2.69. The van der Waals surface area contributed by atoms with Gasteiger partial charge in [0.15, 0.2) is 5.96 Å². The number of primary amides is 1. The summed E-state index contributed by atoms with van der Waals surface area (Å²) in [6, 6.07) is 12.3. The molecule has 0 aliphatic carbocycles. The van der Waals surface area contributed by atoms with Crippen LogP contribution in [0.15, 0.2) is 47.5 Å². The summed E-state index contributed by atoms with van der Waals surface area (Å²) in [5.41, 5.74) is 7.33. The molecular weight excluding hydrogens is 413 g/mol. The summed E-state index contributed by atoms with van der Waals surface area (Å²) in [5.74, 6) is -0.339. The topological polar surface area (TPSA) is 109 Å². The largest absolute Gasteiger partial charge is 0.368 e. The Hall–Kier alpha value is -2.77. The Morgan fingerprint density at radius 2 is 1.79 bits per heavy atom. The quantitative estimate of drug-likeness (QED) is 0.395. The zero-order chi connectivity index (χ0) is 21.4. The highest BCUT2D eigenvalue weighted by Gasteiger charge is 2.12. The standard InChI is InChI=1S/C20H23Cl2N5O2/c1-12(16-8-7-15(21)9-17(16)22)27-20(24-2)26-10-13-3-5-14(6-4-13)19(29)25-11-18(23)28/h3-9,12H,10-11H2,1-2H3,(H2,23,28)(H,25,29)(H2,24,26,27). The van der Waals surface area contributed by atoms with Gasteiger partial charge in [0.25, 0.3) is 5.91 Å². The molecule has 0 spiro atoms. The highest BCUT2D eigenvalue weighted by Crippen LogP contribution is 2.25. The van der Waals surface area contributed by atoms with Crippen LogP contribution in [0.3, 0.4) is 0 Å². The van der Waals surface area contributed by atoms with Gasteiger partial charge in [-0.2, -0.15) is 0 Å². The molecule has 29 heavy (non-hydrogen) atoms. The Balaban J connectivity index is 1.92. The first-order valence-electron chi connectivity index (χ1n) is 8.87. The number of carbonyl (C=O) groups is 2. The third-order valence-corrected chi connectivity index (χ3v) is 4.67. The molecule has 0 fully saturated rings. The van der Waals surface area contributed by atoms with Crippen LogP contribution in [0.25, 0.3) is 0 Å². The summed E-state index contributed by atoms with van der Waals surface area (Å²) in [6.45, 7) is 2.28. The van der Waals surface area contributed by atoms with Gasteiger partial charge in [0, 0.05) is 29.2 Å². The van der Waals surface area contributed by atoms with Crippen molar-refractivity contribution in [1.29, 1.82) is 0 Å². The Labute approximate surface area is 179 Å². The van der Waals surface area contributed by atoms with Crippen LogP contribution in [0.4, 0.5) is 0 Å². The molecule has 0 aliphatic rings. The summed E-state index contributed by atoms with van der Waals surface area (Å²) < 4.78 is 0. The van der Waals surface area contributed by atoms with Crippen molar-refractivity contribution in [1.82, 2.24) is 16.0 Å². The van der Waals surface area contributed by atoms with Crippen LogP contribution in [0, 0.1) is 0 Å². The van der Waals surface area contributed by atoms with Crippen molar-refractivity contribution in [3.63, 3.8) is 0 Å². The molecule has 2 aromatic carbocycles. The summed E-state index contributed by atoms with van der Waals surface area (Å²) in [6.07, 6.45) is 0. The molecule has 0 bridgehead atoms. The molecule has 0 heterocycles. The monoisotopic (exact) mass is 435 g/mol. The fourth-order valence-corrected chi connectivity index (χ4v) is 3.13. The van der Waals surface area contributed by atoms with Gasteiger partial charge in [0.05, 0.1) is 12.6 Å². The van der Waals surface area contributed by atoms with Crippen molar-refractivity contribution in [2.45, 2.75) is 19.5 Å². The van der Waals surface area contributed by atoms with Crippen molar-refractivity contribution in [2.75, 3.05) is 13.6 Å². The second kappa shape index (κ2) is 10.7. The molecule has 2 aromatic rings. The Morgan fingerprint density at radius 1 is 1.10 bits per heavy atom. The molecule has 2 rings (SSSR count). The van der Waals surface area contributed by atoms with Crippen LogP contribution in [0.2, 0.25) is 10.0 Å². The smallest absolute Gasteiger partial charge is 0.251 e. The van der Waals surface area contributed by atoms with Gasteiger partial charge in [-0.3, -0.25) is 14.6 Å². The molecule has 9 heteroatoms. The number of carbonyl (C=O) groups excluding carboxylic acids is 2. The molecule has 0 aliphatic heterocycles. The van der Waals surface area contributed by atoms with Gasteiger partial charge in [-0.05, 0) is 42.3 Å². The predicted octanol–water partition coefficient (Wildman–Crippen LogP) is 2.63. The van der Waals surface area contributed by atoms with E-state index in [-0.39, 0.29) is 18.5 Å². The van der Waals surface area contributed by atoms with Gasteiger partial charge in [-0.1, -0.05) is 41.4 Å². The van der Waals surface area contributed by atoms with Crippen molar-refractivity contribution < 1.29 is 9.59 Å². The van der Waals surface area contributed by atoms with E-state index in [1.54, 1.807) is 31.3 Å². The lowest BCUT2D eigenvalue weighted by molar-refractivity contribution is -0.117. The molecule has 7 nitrogen and oxygen atoms in total. The van der Waals surface area contributed by atoms with Gasteiger partial charge < -0.3 is 21.7 Å². The van der Waals surface area contributed by atoms with Crippen molar-refractivity contribution >= 4 is 41.0 Å². The number of nitrogens with zero attached hydrogens (tertiary/aromatic N) is 1. The first-order chi connectivity index (χ1) is 13.8. The molecular formula is C20H23Cl2N5O2. The third kappa shape index (κ3) is 6.96. The van der Waals surface area contributed by atoms with Crippen molar-refractivity contribution in [2.24, 2.45) is 10.7 Å². The zero-order valence-corrected chi connectivity index (χ0v) is 17.6. The molecule has 0 aromatic heterocycles. The maximum Gasteiger partial charge on any atom is 0.251 e. The second-order valence-corrected chi connectivity index (χ2v) is 7.15. The van der Waals surface area contributed by atoms with Crippen LogP contribution < -0.4 is 21.7 Å². The fourth-order valence-electron chi connectivity index (χ4n) is 2.56. The minimum atomic E-state index is -0.591. The summed E-state index contributed by atoms with van der Waals surface area (Å²) >= 11 is 12.2. The number of nitrogens with one attached hydrogen (secondary N) is 3. The number of hydrogen-bond donors (Lipinski definition) is 4. The molecule has 0 saturated heterocycles. The van der Waals surface area contributed by atoms with E-state index in [0.29, 0.717) is 28.1 Å². The molecule has 1 atom stereocenters. The molecule has 0 saturated carbocycles. The second-order valence-electron chi connectivity index (χ2n) is 6.30. The molecule has 1 unspecified atom stereocenters. The fraction of sp³-hybridized carbons (Fsp3) is 0.250.